The molecule has 5 heteroatoms. The molecule has 0 aliphatic rings. The molecule has 2 rings (SSSR count). The Morgan fingerprint density at radius 1 is 0.909 bits per heavy atom. The van der Waals surface area contributed by atoms with Crippen LogP contribution in [0, 0.1) is 13.8 Å². The van der Waals surface area contributed by atoms with Crippen LogP contribution in [-0.4, -0.2) is 12.0 Å². The first-order valence-corrected chi connectivity index (χ1v) is 6.88. The van der Waals surface area contributed by atoms with Crippen molar-refractivity contribution in [3.63, 3.8) is 0 Å². The van der Waals surface area contributed by atoms with E-state index in [1.165, 1.54) is 6.92 Å². The first kappa shape index (κ1) is 15.6. The quantitative estimate of drug-likeness (QED) is 0.903. The lowest BCUT2D eigenvalue weighted by Gasteiger charge is -2.11. The zero-order chi connectivity index (χ0) is 16.1. The van der Waals surface area contributed by atoms with E-state index in [1.54, 1.807) is 24.3 Å². The predicted molar refractivity (Wildman–Crippen MR) is 86.3 cm³/mol. The van der Waals surface area contributed by atoms with Gasteiger partial charge in [-0.3, -0.25) is 10.1 Å². The third-order valence-corrected chi connectivity index (χ3v) is 3.09. The zero-order valence-corrected chi connectivity index (χ0v) is 12.8. The standard InChI is InChI=1S/C17H18N2O3/c1-11-5-4-6-12(2)16(11)19-17(21)22-15-9-7-14(8-10-15)18-13(3)20/h4-10H,1-3H3,(H,18,20)(H,19,21). The molecule has 5 nitrogen and oxygen atoms in total. The van der Waals surface area contributed by atoms with Gasteiger partial charge in [0.15, 0.2) is 0 Å². The highest BCUT2D eigenvalue weighted by Gasteiger charge is 2.09. The monoisotopic (exact) mass is 298 g/mol. The Bertz CT molecular complexity index is 673. The molecule has 2 aromatic carbocycles. The van der Waals surface area contributed by atoms with Gasteiger partial charge in [0.25, 0.3) is 0 Å². The van der Waals surface area contributed by atoms with Gasteiger partial charge in [-0.05, 0) is 49.2 Å². The number of ether oxygens (including phenoxy) is 1. The Labute approximate surface area is 129 Å². The van der Waals surface area contributed by atoms with Crippen LogP contribution in [0.2, 0.25) is 0 Å². The van der Waals surface area contributed by atoms with Crippen molar-refractivity contribution in [2.24, 2.45) is 0 Å². The number of hydrogen-bond donors (Lipinski definition) is 2. The molecule has 0 heterocycles. The van der Waals surface area contributed by atoms with E-state index >= 15 is 0 Å². The maximum absolute atomic E-state index is 11.9. The summed E-state index contributed by atoms with van der Waals surface area (Å²) in [5, 5.41) is 5.39. The number of hydrogen-bond acceptors (Lipinski definition) is 3. The lowest BCUT2D eigenvalue weighted by Crippen LogP contribution is -2.18. The van der Waals surface area contributed by atoms with Crippen molar-refractivity contribution in [1.29, 1.82) is 0 Å². The van der Waals surface area contributed by atoms with Gasteiger partial charge in [0, 0.05) is 18.3 Å². The lowest BCUT2D eigenvalue weighted by molar-refractivity contribution is -0.114. The summed E-state index contributed by atoms with van der Waals surface area (Å²) in [6, 6.07) is 12.4. The van der Waals surface area contributed by atoms with E-state index in [4.69, 9.17) is 4.74 Å². The van der Waals surface area contributed by atoms with E-state index in [-0.39, 0.29) is 5.91 Å². The van der Waals surface area contributed by atoms with E-state index < -0.39 is 6.09 Å². The third-order valence-electron chi connectivity index (χ3n) is 3.09. The van der Waals surface area contributed by atoms with Crippen LogP contribution in [0.1, 0.15) is 18.1 Å². The maximum atomic E-state index is 11.9. The molecular formula is C17H18N2O3. The summed E-state index contributed by atoms with van der Waals surface area (Å²) in [7, 11) is 0. The normalized spacial score (nSPS) is 9.95. The largest absolute Gasteiger partial charge is 0.417 e. The summed E-state index contributed by atoms with van der Waals surface area (Å²) in [6.07, 6.45) is -0.551. The van der Waals surface area contributed by atoms with Gasteiger partial charge in [0.1, 0.15) is 5.75 Å². The maximum Gasteiger partial charge on any atom is 0.417 e. The van der Waals surface area contributed by atoms with Gasteiger partial charge in [0.05, 0.1) is 0 Å². The number of nitrogens with one attached hydrogen (secondary N) is 2. The Morgan fingerprint density at radius 3 is 2.05 bits per heavy atom. The summed E-state index contributed by atoms with van der Waals surface area (Å²) < 4.78 is 5.23. The molecule has 0 saturated heterocycles. The van der Waals surface area contributed by atoms with Gasteiger partial charge < -0.3 is 10.1 Å². The second-order valence-electron chi connectivity index (χ2n) is 4.99. The Hall–Kier alpha value is -2.82. The Kier molecular flexibility index (Phi) is 4.78. The van der Waals surface area contributed by atoms with Crippen LogP contribution in [0.3, 0.4) is 0 Å². The summed E-state index contributed by atoms with van der Waals surface area (Å²) in [5.74, 6) is 0.249. The van der Waals surface area contributed by atoms with Crippen LogP contribution in [0.5, 0.6) is 5.75 Å². The second-order valence-corrected chi connectivity index (χ2v) is 4.99. The van der Waals surface area contributed by atoms with E-state index in [0.717, 1.165) is 16.8 Å². The highest BCUT2D eigenvalue weighted by Crippen LogP contribution is 2.21. The highest BCUT2D eigenvalue weighted by molar-refractivity contribution is 5.89. The van der Waals surface area contributed by atoms with Gasteiger partial charge in [0.2, 0.25) is 5.91 Å². The molecular weight excluding hydrogens is 280 g/mol. The van der Waals surface area contributed by atoms with Crippen LogP contribution >= 0.6 is 0 Å². The molecule has 0 aliphatic heterocycles. The molecule has 0 saturated carbocycles. The smallest absolute Gasteiger partial charge is 0.410 e. The molecule has 0 fully saturated rings. The number of carbonyl (C=O) groups excluding carboxylic acids is 2. The second kappa shape index (κ2) is 6.76. The van der Waals surface area contributed by atoms with Crippen LogP contribution in [0.25, 0.3) is 0 Å². The SMILES string of the molecule is CC(=O)Nc1ccc(OC(=O)Nc2c(C)cccc2C)cc1. The molecule has 0 atom stereocenters. The Balaban J connectivity index is 2.01. The molecule has 2 aromatic rings. The van der Waals surface area contributed by atoms with E-state index in [1.807, 2.05) is 32.0 Å². The number of aryl methyl sites for hydroxylation is 2. The van der Waals surface area contributed by atoms with Crippen molar-refractivity contribution in [2.45, 2.75) is 20.8 Å². The number of amides is 2. The van der Waals surface area contributed by atoms with Gasteiger partial charge in [-0.25, -0.2) is 4.79 Å². The molecule has 0 radical (unpaired) electrons. The number of benzene rings is 2. The van der Waals surface area contributed by atoms with Crippen molar-refractivity contribution >= 4 is 23.4 Å². The van der Waals surface area contributed by atoms with Crippen molar-refractivity contribution in [1.82, 2.24) is 0 Å². The summed E-state index contributed by atoms with van der Waals surface area (Å²) >= 11 is 0. The number of carbonyl (C=O) groups is 2. The summed E-state index contributed by atoms with van der Waals surface area (Å²) in [4.78, 5) is 22.9. The predicted octanol–water partition coefficient (Wildman–Crippen LogP) is 3.87. The molecule has 2 N–H and O–H groups in total. The molecule has 0 unspecified atom stereocenters. The molecule has 114 valence electrons. The highest BCUT2D eigenvalue weighted by atomic mass is 16.6. The van der Waals surface area contributed by atoms with Crippen LogP contribution in [0.15, 0.2) is 42.5 Å². The Morgan fingerprint density at radius 2 is 1.50 bits per heavy atom. The van der Waals surface area contributed by atoms with Gasteiger partial charge >= 0.3 is 6.09 Å². The van der Waals surface area contributed by atoms with Gasteiger partial charge in [-0.2, -0.15) is 0 Å². The van der Waals surface area contributed by atoms with Crippen molar-refractivity contribution < 1.29 is 14.3 Å². The van der Waals surface area contributed by atoms with Crippen LogP contribution in [0.4, 0.5) is 16.2 Å². The van der Waals surface area contributed by atoms with Crippen LogP contribution in [-0.2, 0) is 4.79 Å². The minimum absolute atomic E-state index is 0.151. The molecule has 0 aromatic heterocycles. The summed E-state index contributed by atoms with van der Waals surface area (Å²) in [6.45, 7) is 5.28. The minimum Gasteiger partial charge on any atom is -0.410 e. The minimum atomic E-state index is -0.551. The molecule has 2 amide bonds. The molecule has 0 aliphatic carbocycles. The van der Waals surface area contributed by atoms with Crippen molar-refractivity contribution in [3.8, 4) is 5.75 Å². The van der Waals surface area contributed by atoms with Crippen molar-refractivity contribution in [3.05, 3.63) is 53.6 Å². The van der Waals surface area contributed by atoms with Crippen LogP contribution < -0.4 is 15.4 Å². The molecule has 0 bridgehead atoms. The number of para-hydroxylation sites is 1. The topological polar surface area (TPSA) is 67.4 Å². The zero-order valence-electron chi connectivity index (χ0n) is 12.8. The summed E-state index contributed by atoms with van der Waals surface area (Å²) in [5.41, 5.74) is 3.34. The van der Waals surface area contributed by atoms with E-state index in [9.17, 15) is 9.59 Å². The van der Waals surface area contributed by atoms with Gasteiger partial charge in [-0.1, -0.05) is 18.2 Å². The molecule has 0 spiro atoms. The lowest BCUT2D eigenvalue weighted by atomic mass is 10.1. The van der Waals surface area contributed by atoms with Gasteiger partial charge in [-0.15, -0.1) is 0 Å². The fourth-order valence-corrected chi connectivity index (χ4v) is 2.06. The first-order valence-electron chi connectivity index (χ1n) is 6.88. The van der Waals surface area contributed by atoms with E-state index in [0.29, 0.717) is 11.4 Å². The first-order chi connectivity index (χ1) is 10.5. The average Bonchev–Trinajstić information content (AvgIpc) is 2.45. The fourth-order valence-electron chi connectivity index (χ4n) is 2.06. The van der Waals surface area contributed by atoms with Crippen molar-refractivity contribution in [2.75, 3.05) is 10.6 Å². The number of anilines is 2. The number of rotatable bonds is 3. The average molecular weight is 298 g/mol. The third kappa shape index (κ3) is 4.09. The fraction of sp³-hybridized carbons (Fsp3) is 0.176. The van der Waals surface area contributed by atoms with E-state index in [2.05, 4.69) is 10.6 Å². The molecule has 22 heavy (non-hydrogen) atoms.